The Hall–Kier alpha value is -1.59. The lowest BCUT2D eigenvalue weighted by Gasteiger charge is -2.19. The summed E-state index contributed by atoms with van der Waals surface area (Å²) < 4.78 is 4.54. The van der Waals surface area contributed by atoms with Crippen LogP contribution in [0, 0.1) is 0 Å². The van der Waals surface area contributed by atoms with Gasteiger partial charge in [-0.15, -0.1) is 0 Å². The first-order valence-electron chi connectivity index (χ1n) is 6.23. The predicted octanol–water partition coefficient (Wildman–Crippen LogP) is 1.62. The summed E-state index contributed by atoms with van der Waals surface area (Å²) in [5.41, 5.74) is 0.859. The third kappa shape index (κ3) is 5.19. The van der Waals surface area contributed by atoms with Crippen molar-refractivity contribution in [2.24, 2.45) is 0 Å². The number of amides is 1. The highest BCUT2D eigenvalue weighted by Gasteiger charge is 2.15. The predicted molar refractivity (Wildman–Crippen MR) is 77.5 cm³/mol. The van der Waals surface area contributed by atoms with E-state index in [1.165, 1.54) is 7.11 Å². The second kappa shape index (κ2) is 7.87. The van der Waals surface area contributed by atoms with Crippen molar-refractivity contribution in [1.29, 1.82) is 0 Å². The van der Waals surface area contributed by atoms with E-state index in [9.17, 15) is 9.59 Å². The number of nitrogens with one attached hydrogen (secondary N) is 1. The van der Waals surface area contributed by atoms with E-state index in [4.69, 9.17) is 11.6 Å². The highest BCUT2D eigenvalue weighted by atomic mass is 35.5. The van der Waals surface area contributed by atoms with E-state index in [2.05, 4.69) is 10.1 Å². The van der Waals surface area contributed by atoms with Crippen LogP contribution in [-0.4, -0.2) is 44.0 Å². The standard InChI is InChI=1S/C14H19ClN2O3/c1-10(11-6-4-5-7-12(11)15)16-13(18)8-17(2)9-14(19)20-3/h4-7,10H,8-9H2,1-3H3,(H,16,18). The van der Waals surface area contributed by atoms with Crippen molar-refractivity contribution in [3.05, 3.63) is 34.9 Å². The van der Waals surface area contributed by atoms with Crippen LogP contribution in [0.5, 0.6) is 0 Å². The normalized spacial score (nSPS) is 12.1. The van der Waals surface area contributed by atoms with Crippen LogP contribution in [0.2, 0.25) is 5.02 Å². The molecule has 1 N–H and O–H groups in total. The van der Waals surface area contributed by atoms with Gasteiger partial charge in [0.2, 0.25) is 5.91 Å². The number of rotatable bonds is 6. The van der Waals surface area contributed by atoms with E-state index in [0.717, 1.165) is 5.56 Å². The minimum atomic E-state index is -0.376. The highest BCUT2D eigenvalue weighted by Crippen LogP contribution is 2.21. The summed E-state index contributed by atoms with van der Waals surface area (Å²) in [6.07, 6.45) is 0. The first-order chi connectivity index (χ1) is 9.43. The molecule has 0 bridgehead atoms. The van der Waals surface area contributed by atoms with Gasteiger partial charge in [-0.05, 0) is 25.6 Å². The molecule has 1 rings (SSSR count). The molecule has 1 aromatic carbocycles. The fraction of sp³-hybridized carbons (Fsp3) is 0.429. The summed E-state index contributed by atoms with van der Waals surface area (Å²) in [6.45, 7) is 2.05. The van der Waals surface area contributed by atoms with E-state index in [0.29, 0.717) is 5.02 Å². The number of esters is 1. The van der Waals surface area contributed by atoms with Crippen LogP contribution >= 0.6 is 11.6 Å². The smallest absolute Gasteiger partial charge is 0.319 e. The highest BCUT2D eigenvalue weighted by molar-refractivity contribution is 6.31. The molecule has 1 unspecified atom stereocenters. The van der Waals surface area contributed by atoms with Gasteiger partial charge in [0.1, 0.15) is 0 Å². The topological polar surface area (TPSA) is 58.6 Å². The van der Waals surface area contributed by atoms with Crippen LogP contribution in [-0.2, 0) is 14.3 Å². The lowest BCUT2D eigenvalue weighted by atomic mass is 10.1. The van der Waals surface area contributed by atoms with E-state index < -0.39 is 0 Å². The first kappa shape index (κ1) is 16.5. The van der Waals surface area contributed by atoms with Gasteiger partial charge >= 0.3 is 5.97 Å². The van der Waals surface area contributed by atoms with Gasteiger partial charge in [-0.25, -0.2) is 0 Å². The summed E-state index contributed by atoms with van der Waals surface area (Å²) >= 11 is 6.07. The maximum Gasteiger partial charge on any atom is 0.319 e. The average Bonchev–Trinajstić information content (AvgIpc) is 2.38. The van der Waals surface area contributed by atoms with Crippen molar-refractivity contribution in [2.75, 3.05) is 27.2 Å². The van der Waals surface area contributed by atoms with Crippen LogP contribution in [0.25, 0.3) is 0 Å². The van der Waals surface area contributed by atoms with Crippen molar-refractivity contribution < 1.29 is 14.3 Å². The number of methoxy groups -OCH3 is 1. The molecule has 0 aliphatic carbocycles. The number of likely N-dealkylation sites (N-methyl/N-ethyl adjacent to an activating group) is 1. The van der Waals surface area contributed by atoms with Crippen molar-refractivity contribution >= 4 is 23.5 Å². The molecule has 0 spiro atoms. The van der Waals surface area contributed by atoms with E-state index >= 15 is 0 Å². The number of ether oxygens (including phenoxy) is 1. The number of halogens is 1. The third-order valence-electron chi connectivity index (χ3n) is 2.79. The fourth-order valence-corrected chi connectivity index (χ4v) is 2.08. The largest absolute Gasteiger partial charge is 0.468 e. The molecule has 0 saturated carbocycles. The maximum atomic E-state index is 11.9. The molecular formula is C14H19ClN2O3. The van der Waals surface area contributed by atoms with Crippen LogP contribution < -0.4 is 5.32 Å². The Balaban J connectivity index is 2.50. The zero-order valence-corrected chi connectivity index (χ0v) is 12.6. The van der Waals surface area contributed by atoms with E-state index in [1.807, 2.05) is 25.1 Å². The average molecular weight is 299 g/mol. The SMILES string of the molecule is COC(=O)CN(C)CC(=O)NC(C)c1ccccc1Cl. The zero-order chi connectivity index (χ0) is 15.1. The van der Waals surface area contributed by atoms with Gasteiger partial charge in [-0.2, -0.15) is 0 Å². The summed E-state index contributed by atoms with van der Waals surface area (Å²) in [4.78, 5) is 24.5. The van der Waals surface area contributed by atoms with Gasteiger partial charge in [0, 0.05) is 5.02 Å². The Kier molecular flexibility index (Phi) is 6.48. The fourth-order valence-electron chi connectivity index (χ4n) is 1.78. The second-order valence-electron chi connectivity index (χ2n) is 4.56. The number of nitrogens with zero attached hydrogens (tertiary/aromatic N) is 1. The Morgan fingerprint density at radius 3 is 2.60 bits per heavy atom. The third-order valence-corrected chi connectivity index (χ3v) is 3.13. The molecule has 0 aromatic heterocycles. The Morgan fingerprint density at radius 2 is 2.00 bits per heavy atom. The zero-order valence-electron chi connectivity index (χ0n) is 11.9. The van der Waals surface area contributed by atoms with Gasteiger partial charge in [0.15, 0.2) is 0 Å². The van der Waals surface area contributed by atoms with Gasteiger partial charge in [0.05, 0.1) is 26.2 Å². The first-order valence-corrected chi connectivity index (χ1v) is 6.61. The quantitative estimate of drug-likeness (QED) is 0.811. The molecular weight excluding hydrogens is 280 g/mol. The van der Waals surface area contributed by atoms with Crippen LogP contribution in [0.15, 0.2) is 24.3 Å². The van der Waals surface area contributed by atoms with Crippen LogP contribution in [0.4, 0.5) is 0 Å². The Labute approximate surface area is 123 Å². The second-order valence-corrected chi connectivity index (χ2v) is 4.97. The van der Waals surface area contributed by atoms with Gasteiger partial charge < -0.3 is 10.1 Å². The minimum Gasteiger partial charge on any atom is -0.468 e. The molecule has 0 aliphatic heterocycles. The molecule has 5 nitrogen and oxygen atoms in total. The summed E-state index contributed by atoms with van der Waals surface area (Å²) in [5.74, 6) is -0.553. The van der Waals surface area contributed by atoms with Crippen molar-refractivity contribution in [3.8, 4) is 0 Å². The summed E-state index contributed by atoms with van der Waals surface area (Å²) in [5, 5.41) is 3.46. The lowest BCUT2D eigenvalue weighted by Crippen LogP contribution is -2.38. The molecule has 20 heavy (non-hydrogen) atoms. The molecule has 0 aliphatic rings. The van der Waals surface area contributed by atoms with Gasteiger partial charge in [-0.1, -0.05) is 29.8 Å². The summed E-state index contributed by atoms with van der Waals surface area (Å²) in [6, 6.07) is 7.16. The molecule has 1 aromatic rings. The number of hydrogen-bond donors (Lipinski definition) is 1. The van der Waals surface area contributed by atoms with Crippen LogP contribution in [0.1, 0.15) is 18.5 Å². The number of hydrogen-bond acceptors (Lipinski definition) is 4. The van der Waals surface area contributed by atoms with Crippen LogP contribution in [0.3, 0.4) is 0 Å². The molecule has 0 saturated heterocycles. The number of carbonyl (C=O) groups is 2. The monoisotopic (exact) mass is 298 g/mol. The molecule has 0 heterocycles. The maximum absolute atomic E-state index is 11.9. The molecule has 0 fully saturated rings. The minimum absolute atomic E-state index is 0.0738. The molecule has 1 amide bonds. The van der Waals surface area contributed by atoms with E-state index in [-0.39, 0.29) is 31.0 Å². The van der Waals surface area contributed by atoms with Crippen molar-refractivity contribution in [3.63, 3.8) is 0 Å². The van der Waals surface area contributed by atoms with E-state index in [1.54, 1.807) is 18.0 Å². The lowest BCUT2D eigenvalue weighted by molar-refractivity contribution is -0.141. The molecule has 6 heteroatoms. The molecule has 0 radical (unpaired) electrons. The molecule has 1 atom stereocenters. The molecule has 110 valence electrons. The number of benzene rings is 1. The Morgan fingerprint density at radius 1 is 1.35 bits per heavy atom. The van der Waals surface area contributed by atoms with Gasteiger partial charge in [0.25, 0.3) is 0 Å². The van der Waals surface area contributed by atoms with Gasteiger partial charge in [-0.3, -0.25) is 14.5 Å². The van der Waals surface area contributed by atoms with Crippen molar-refractivity contribution in [1.82, 2.24) is 10.2 Å². The van der Waals surface area contributed by atoms with Crippen molar-refractivity contribution in [2.45, 2.75) is 13.0 Å². The summed E-state index contributed by atoms with van der Waals surface area (Å²) in [7, 11) is 2.99. The Bertz CT molecular complexity index is 479. The number of carbonyl (C=O) groups excluding carboxylic acids is 2.